The third-order valence-electron chi connectivity index (χ3n) is 5.32. The summed E-state index contributed by atoms with van der Waals surface area (Å²) in [6, 6.07) is 9.75. The summed E-state index contributed by atoms with van der Waals surface area (Å²) in [7, 11) is 0. The van der Waals surface area contributed by atoms with Gasteiger partial charge in [-0.15, -0.1) is 0 Å². The first kappa shape index (κ1) is 14.1. The number of hydrogen-bond acceptors (Lipinski definition) is 2. The highest BCUT2D eigenvalue weighted by Gasteiger charge is 2.40. The number of benzene rings is 1. The lowest BCUT2D eigenvalue weighted by Gasteiger charge is -2.38. The van der Waals surface area contributed by atoms with Crippen LogP contribution in [0.2, 0.25) is 0 Å². The Morgan fingerprint density at radius 2 is 1.95 bits per heavy atom. The monoisotopic (exact) mass is 273 g/mol. The molecule has 110 valence electrons. The number of aliphatic hydroxyl groups is 1. The highest BCUT2D eigenvalue weighted by atomic mass is 16.3. The van der Waals surface area contributed by atoms with Gasteiger partial charge in [0.2, 0.25) is 0 Å². The van der Waals surface area contributed by atoms with Crippen molar-refractivity contribution in [1.82, 2.24) is 5.32 Å². The van der Waals surface area contributed by atoms with Crippen LogP contribution in [0.25, 0.3) is 0 Å². The Hall–Kier alpha value is -0.860. The zero-order valence-corrected chi connectivity index (χ0v) is 12.7. The molecule has 0 aromatic heterocycles. The van der Waals surface area contributed by atoms with Crippen LogP contribution >= 0.6 is 0 Å². The SMILES string of the molecule is CC1(C)Cc2ccccc2C1NC1CCCCC1CO. The van der Waals surface area contributed by atoms with Crippen molar-refractivity contribution in [2.45, 2.75) is 58.0 Å². The molecule has 0 radical (unpaired) electrons. The Bertz CT molecular complexity index is 468. The van der Waals surface area contributed by atoms with Gasteiger partial charge in [0, 0.05) is 18.7 Å². The lowest BCUT2D eigenvalue weighted by atomic mass is 9.81. The van der Waals surface area contributed by atoms with Crippen molar-refractivity contribution in [2.75, 3.05) is 6.61 Å². The molecule has 0 aliphatic heterocycles. The maximum absolute atomic E-state index is 9.62. The van der Waals surface area contributed by atoms with Gasteiger partial charge in [0.15, 0.2) is 0 Å². The fourth-order valence-electron chi connectivity index (χ4n) is 4.17. The van der Waals surface area contributed by atoms with E-state index in [9.17, 15) is 5.11 Å². The average molecular weight is 273 g/mol. The average Bonchev–Trinajstić information content (AvgIpc) is 2.70. The number of rotatable bonds is 3. The van der Waals surface area contributed by atoms with Gasteiger partial charge >= 0.3 is 0 Å². The lowest BCUT2D eigenvalue weighted by Crippen LogP contribution is -2.45. The van der Waals surface area contributed by atoms with Crippen molar-refractivity contribution in [3.05, 3.63) is 35.4 Å². The van der Waals surface area contributed by atoms with E-state index < -0.39 is 0 Å². The Morgan fingerprint density at radius 1 is 1.20 bits per heavy atom. The molecule has 2 aliphatic carbocycles. The molecule has 0 saturated heterocycles. The van der Waals surface area contributed by atoms with Gasteiger partial charge < -0.3 is 10.4 Å². The van der Waals surface area contributed by atoms with E-state index in [-0.39, 0.29) is 5.41 Å². The maximum atomic E-state index is 9.62. The van der Waals surface area contributed by atoms with Crippen molar-refractivity contribution in [3.63, 3.8) is 0 Å². The quantitative estimate of drug-likeness (QED) is 0.884. The molecule has 1 aromatic carbocycles. The maximum Gasteiger partial charge on any atom is 0.0474 e. The number of hydrogen-bond donors (Lipinski definition) is 2. The second-order valence-corrected chi connectivity index (χ2v) is 7.30. The first-order chi connectivity index (χ1) is 9.62. The summed E-state index contributed by atoms with van der Waals surface area (Å²) in [5.41, 5.74) is 3.23. The standard InChI is InChI=1S/C18H27NO/c1-18(2)11-13-7-3-5-9-15(13)17(18)19-16-10-6-4-8-14(16)12-20/h3,5,7,9,14,16-17,19-20H,4,6,8,10-12H2,1-2H3. The number of nitrogens with one attached hydrogen (secondary N) is 1. The predicted molar refractivity (Wildman–Crippen MR) is 82.6 cm³/mol. The molecule has 2 aliphatic rings. The summed E-state index contributed by atoms with van der Waals surface area (Å²) >= 11 is 0. The lowest BCUT2D eigenvalue weighted by molar-refractivity contribution is 0.128. The van der Waals surface area contributed by atoms with Crippen LogP contribution in [-0.2, 0) is 6.42 Å². The molecule has 0 bridgehead atoms. The second-order valence-electron chi connectivity index (χ2n) is 7.30. The van der Waals surface area contributed by atoms with E-state index in [0.29, 0.717) is 24.6 Å². The molecule has 2 heteroatoms. The van der Waals surface area contributed by atoms with E-state index in [1.54, 1.807) is 0 Å². The largest absolute Gasteiger partial charge is 0.396 e. The second kappa shape index (κ2) is 5.50. The Morgan fingerprint density at radius 3 is 2.75 bits per heavy atom. The van der Waals surface area contributed by atoms with E-state index in [1.807, 2.05) is 0 Å². The zero-order chi connectivity index (χ0) is 14.2. The van der Waals surface area contributed by atoms with E-state index in [1.165, 1.54) is 36.8 Å². The minimum Gasteiger partial charge on any atom is -0.396 e. The van der Waals surface area contributed by atoms with Gasteiger partial charge in [0.25, 0.3) is 0 Å². The van der Waals surface area contributed by atoms with Crippen molar-refractivity contribution < 1.29 is 5.11 Å². The van der Waals surface area contributed by atoms with Crippen LogP contribution in [0.15, 0.2) is 24.3 Å². The summed E-state index contributed by atoms with van der Waals surface area (Å²) in [4.78, 5) is 0. The molecule has 1 aromatic rings. The minimum absolute atomic E-state index is 0.265. The first-order valence-corrected chi connectivity index (χ1v) is 8.06. The molecule has 2 nitrogen and oxygen atoms in total. The summed E-state index contributed by atoms with van der Waals surface area (Å²) in [6.07, 6.45) is 6.09. The fraction of sp³-hybridized carbons (Fsp3) is 0.667. The molecule has 1 fully saturated rings. The molecule has 3 rings (SSSR count). The van der Waals surface area contributed by atoms with Gasteiger partial charge in [0.05, 0.1) is 0 Å². The molecular formula is C18H27NO. The van der Waals surface area contributed by atoms with Gasteiger partial charge in [-0.1, -0.05) is 51.0 Å². The van der Waals surface area contributed by atoms with Crippen molar-refractivity contribution in [2.24, 2.45) is 11.3 Å². The number of fused-ring (bicyclic) bond motifs is 1. The smallest absolute Gasteiger partial charge is 0.0474 e. The third-order valence-corrected chi connectivity index (χ3v) is 5.32. The highest BCUT2D eigenvalue weighted by molar-refractivity contribution is 5.37. The Balaban J connectivity index is 1.82. The van der Waals surface area contributed by atoms with E-state index >= 15 is 0 Å². The summed E-state index contributed by atoms with van der Waals surface area (Å²) < 4.78 is 0. The van der Waals surface area contributed by atoms with Gasteiger partial charge in [-0.25, -0.2) is 0 Å². The molecule has 20 heavy (non-hydrogen) atoms. The van der Waals surface area contributed by atoms with Crippen LogP contribution < -0.4 is 5.32 Å². The van der Waals surface area contributed by atoms with Crippen molar-refractivity contribution >= 4 is 0 Å². The van der Waals surface area contributed by atoms with Crippen molar-refractivity contribution in [1.29, 1.82) is 0 Å². The van der Waals surface area contributed by atoms with E-state index in [4.69, 9.17) is 0 Å². The molecular weight excluding hydrogens is 246 g/mol. The molecule has 1 saturated carbocycles. The molecule has 0 spiro atoms. The van der Waals surface area contributed by atoms with E-state index in [2.05, 4.69) is 43.4 Å². The van der Waals surface area contributed by atoms with Gasteiger partial charge in [-0.2, -0.15) is 0 Å². The Labute approximate surface area is 122 Å². The summed E-state index contributed by atoms with van der Waals surface area (Å²) in [6.45, 7) is 5.05. The molecule has 3 unspecified atom stereocenters. The van der Waals surface area contributed by atoms with Crippen molar-refractivity contribution in [3.8, 4) is 0 Å². The van der Waals surface area contributed by atoms with Crippen LogP contribution in [0.5, 0.6) is 0 Å². The fourth-order valence-corrected chi connectivity index (χ4v) is 4.17. The highest BCUT2D eigenvalue weighted by Crippen LogP contribution is 2.46. The molecule has 3 atom stereocenters. The van der Waals surface area contributed by atoms with Crippen LogP contribution in [0.3, 0.4) is 0 Å². The summed E-state index contributed by atoms with van der Waals surface area (Å²) in [5.74, 6) is 0.437. The van der Waals surface area contributed by atoms with Gasteiger partial charge in [-0.05, 0) is 41.7 Å². The topological polar surface area (TPSA) is 32.3 Å². The van der Waals surface area contributed by atoms with Gasteiger partial charge in [-0.3, -0.25) is 0 Å². The first-order valence-electron chi connectivity index (χ1n) is 8.06. The third kappa shape index (κ3) is 2.51. The minimum atomic E-state index is 0.265. The molecule has 2 N–H and O–H groups in total. The van der Waals surface area contributed by atoms with Crippen LogP contribution in [-0.4, -0.2) is 17.8 Å². The Kier molecular flexibility index (Phi) is 3.87. The normalized spacial score (nSPS) is 32.0. The summed E-state index contributed by atoms with van der Waals surface area (Å²) in [5, 5.41) is 13.5. The number of aliphatic hydroxyl groups excluding tert-OH is 1. The van der Waals surface area contributed by atoms with E-state index in [0.717, 1.165) is 6.42 Å². The van der Waals surface area contributed by atoms with Crippen LogP contribution in [0, 0.1) is 11.3 Å². The molecule has 0 heterocycles. The predicted octanol–water partition coefficient (Wildman–Crippen LogP) is 3.45. The van der Waals surface area contributed by atoms with Crippen LogP contribution in [0.4, 0.5) is 0 Å². The zero-order valence-electron chi connectivity index (χ0n) is 12.7. The van der Waals surface area contributed by atoms with Crippen LogP contribution in [0.1, 0.15) is 56.7 Å². The van der Waals surface area contributed by atoms with Gasteiger partial charge in [0.1, 0.15) is 0 Å². The molecule has 0 amide bonds.